The van der Waals surface area contributed by atoms with Crippen LogP contribution in [0.2, 0.25) is 0 Å². The quantitative estimate of drug-likeness (QED) is 0.609. The van der Waals surface area contributed by atoms with Gasteiger partial charge in [-0.3, -0.25) is 9.59 Å². The molecule has 10 heteroatoms. The van der Waals surface area contributed by atoms with E-state index in [1.165, 1.54) is 21.3 Å². The van der Waals surface area contributed by atoms with Gasteiger partial charge in [0.25, 0.3) is 0 Å². The third-order valence-electron chi connectivity index (χ3n) is 4.20. The number of morpholine rings is 1. The van der Waals surface area contributed by atoms with E-state index in [0.29, 0.717) is 18.8 Å². The minimum absolute atomic E-state index is 0.0426. The molecule has 9 nitrogen and oxygen atoms in total. The van der Waals surface area contributed by atoms with Gasteiger partial charge in [-0.15, -0.1) is 0 Å². The number of aromatic hydroxyl groups is 1. The summed E-state index contributed by atoms with van der Waals surface area (Å²) in [5.41, 5.74) is 0.709. The Morgan fingerprint density at radius 2 is 1.74 bits per heavy atom. The van der Waals surface area contributed by atoms with Gasteiger partial charge in [0, 0.05) is 32.6 Å². The zero-order valence-corrected chi connectivity index (χ0v) is 15.7. The van der Waals surface area contributed by atoms with Crippen LogP contribution in [0.4, 0.5) is 0 Å². The number of hydrogen-bond donors (Lipinski definition) is 2. The van der Waals surface area contributed by atoms with E-state index < -0.39 is 21.9 Å². The van der Waals surface area contributed by atoms with Crippen molar-refractivity contribution in [2.45, 2.75) is 19.4 Å². The molecule has 1 saturated heterocycles. The summed E-state index contributed by atoms with van der Waals surface area (Å²) in [6.07, 6.45) is -0.522. The van der Waals surface area contributed by atoms with Gasteiger partial charge in [-0.1, -0.05) is 12.1 Å². The normalized spacial score (nSPS) is 15.4. The van der Waals surface area contributed by atoms with Gasteiger partial charge in [0.05, 0.1) is 25.4 Å². The van der Waals surface area contributed by atoms with Gasteiger partial charge in [-0.2, -0.15) is 4.31 Å². The Morgan fingerprint density at radius 1 is 1.11 bits per heavy atom. The molecule has 0 unspecified atom stereocenters. The number of benzene rings is 1. The van der Waals surface area contributed by atoms with E-state index in [1.807, 2.05) is 0 Å². The number of hydrogen-bond acceptors (Lipinski definition) is 6. The van der Waals surface area contributed by atoms with Gasteiger partial charge >= 0.3 is 5.97 Å². The van der Waals surface area contributed by atoms with Crippen LogP contribution in [0.3, 0.4) is 0 Å². The second-order valence-electron chi connectivity index (χ2n) is 6.20. The van der Waals surface area contributed by atoms with Crippen LogP contribution in [0, 0.1) is 0 Å². The Morgan fingerprint density at radius 3 is 2.33 bits per heavy atom. The summed E-state index contributed by atoms with van der Waals surface area (Å²) >= 11 is 0. The summed E-state index contributed by atoms with van der Waals surface area (Å²) in [5, 5.41) is 18.1. The number of nitrogens with zero attached hydrogens (tertiary/aromatic N) is 2. The van der Waals surface area contributed by atoms with Gasteiger partial charge in [0.1, 0.15) is 5.75 Å². The highest BCUT2D eigenvalue weighted by molar-refractivity contribution is 7.89. The largest absolute Gasteiger partial charge is 0.508 e. The van der Waals surface area contributed by atoms with Crippen LogP contribution in [0.5, 0.6) is 5.75 Å². The minimum atomic E-state index is -3.54. The van der Waals surface area contributed by atoms with Gasteiger partial charge in [0.15, 0.2) is 0 Å². The zero-order chi connectivity index (χ0) is 19.9. The molecule has 2 N–H and O–H groups in total. The van der Waals surface area contributed by atoms with E-state index in [2.05, 4.69) is 0 Å². The van der Waals surface area contributed by atoms with E-state index in [9.17, 15) is 23.1 Å². The van der Waals surface area contributed by atoms with E-state index in [1.54, 1.807) is 12.1 Å². The van der Waals surface area contributed by atoms with Crippen molar-refractivity contribution in [1.29, 1.82) is 0 Å². The van der Waals surface area contributed by atoms with Crippen molar-refractivity contribution in [3.63, 3.8) is 0 Å². The first-order chi connectivity index (χ1) is 12.8. The molecule has 27 heavy (non-hydrogen) atoms. The summed E-state index contributed by atoms with van der Waals surface area (Å²) in [4.78, 5) is 24.5. The molecule has 0 saturated carbocycles. The monoisotopic (exact) mass is 400 g/mol. The number of sulfonamides is 1. The predicted molar refractivity (Wildman–Crippen MR) is 96.6 cm³/mol. The Hall–Kier alpha value is -2.17. The first-order valence-corrected chi connectivity index (χ1v) is 10.2. The first kappa shape index (κ1) is 21.1. The second-order valence-corrected chi connectivity index (χ2v) is 8.29. The molecule has 1 aliphatic heterocycles. The average molecular weight is 400 g/mol. The topological polar surface area (TPSA) is 124 Å². The summed E-state index contributed by atoms with van der Waals surface area (Å²) in [6, 6.07) is 6.20. The molecule has 150 valence electrons. The first-order valence-electron chi connectivity index (χ1n) is 8.61. The molecule has 1 fully saturated rings. The van der Waals surface area contributed by atoms with Crippen molar-refractivity contribution in [3.8, 4) is 5.75 Å². The molecular formula is C17H24N2O7S. The van der Waals surface area contributed by atoms with Gasteiger partial charge < -0.3 is 19.8 Å². The lowest BCUT2D eigenvalue weighted by molar-refractivity contribution is -0.141. The number of amides is 1. The molecule has 0 aromatic heterocycles. The fourth-order valence-electron chi connectivity index (χ4n) is 2.67. The highest BCUT2D eigenvalue weighted by Gasteiger charge is 2.26. The molecule has 1 amide bonds. The Balaban J connectivity index is 2.04. The van der Waals surface area contributed by atoms with Gasteiger partial charge in [0.2, 0.25) is 15.9 Å². The summed E-state index contributed by atoms with van der Waals surface area (Å²) in [5.74, 6) is -1.68. The van der Waals surface area contributed by atoms with E-state index in [0.717, 1.165) is 0 Å². The van der Waals surface area contributed by atoms with Crippen molar-refractivity contribution in [2.24, 2.45) is 0 Å². The summed E-state index contributed by atoms with van der Waals surface area (Å²) in [7, 11) is -3.54. The van der Waals surface area contributed by atoms with Crippen molar-refractivity contribution in [1.82, 2.24) is 9.21 Å². The third-order valence-corrected chi connectivity index (χ3v) is 6.05. The molecule has 2 rings (SSSR count). The van der Waals surface area contributed by atoms with E-state index >= 15 is 0 Å². The highest BCUT2D eigenvalue weighted by Crippen LogP contribution is 2.14. The Bertz CT molecular complexity index is 743. The number of phenolic OH excluding ortho intramolecular Hbond substituents is 1. The van der Waals surface area contributed by atoms with Crippen LogP contribution in [-0.2, 0) is 30.9 Å². The fraction of sp³-hybridized carbons (Fsp3) is 0.529. The lowest BCUT2D eigenvalue weighted by Gasteiger charge is -2.28. The van der Waals surface area contributed by atoms with Crippen molar-refractivity contribution < 1.29 is 33.0 Å². The van der Waals surface area contributed by atoms with Crippen molar-refractivity contribution in [3.05, 3.63) is 29.8 Å². The van der Waals surface area contributed by atoms with Crippen molar-refractivity contribution in [2.75, 3.05) is 38.6 Å². The van der Waals surface area contributed by atoms with Crippen LogP contribution < -0.4 is 0 Å². The van der Waals surface area contributed by atoms with Crippen LogP contribution >= 0.6 is 0 Å². The Labute approximate surface area is 158 Å². The number of carbonyl (C=O) groups is 2. The molecular weight excluding hydrogens is 376 g/mol. The number of carboxylic acids is 1. The molecule has 1 heterocycles. The molecule has 0 spiro atoms. The number of carboxylic acid groups (broad SMARTS) is 1. The zero-order valence-electron chi connectivity index (χ0n) is 14.9. The maximum Gasteiger partial charge on any atom is 0.303 e. The molecule has 1 aliphatic rings. The molecule has 1 aromatic carbocycles. The summed E-state index contributed by atoms with van der Waals surface area (Å²) in [6.45, 7) is 1.35. The second kappa shape index (κ2) is 9.67. The highest BCUT2D eigenvalue weighted by atomic mass is 32.2. The molecule has 0 atom stereocenters. The Kier molecular flexibility index (Phi) is 7.57. The number of aliphatic carboxylic acids is 1. The number of ether oxygens (including phenoxy) is 1. The van der Waals surface area contributed by atoms with Crippen molar-refractivity contribution >= 4 is 21.9 Å². The van der Waals surface area contributed by atoms with Crippen LogP contribution in [0.15, 0.2) is 24.3 Å². The summed E-state index contributed by atoms with van der Waals surface area (Å²) < 4.78 is 31.5. The lowest BCUT2D eigenvalue weighted by atomic mass is 10.2. The molecule has 0 aliphatic carbocycles. The average Bonchev–Trinajstić information content (AvgIpc) is 2.65. The number of rotatable bonds is 9. The maximum absolute atomic E-state index is 12.5. The SMILES string of the molecule is O=C(O)CCC(=O)N(CCS(=O)(=O)N1CCOCC1)Cc1ccc(O)cc1. The lowest BCUT2D eigenvalue weighted by Crippen LogP contribution is -2.44. The van der Waals surface area contributed by atoms with Crippen LogP contribution in [0.1, 0.15) is 18.4 Å². The smallest absolute Gasteiger partial charge is 0.303 e. The minimum Gasteiger partial charge on any atom is -0.508 e. The number of phenols is 1. The maximum atomic E-state index is 12.5. The van der Waals surface area contributed by atoms with Crippen LogP contribution in [-0.4, -0.2) is 78.3 Å². The van der Waals surface area contributed by atoms with Gasteiger partial charge in [-0.25, -0.2) is 8.42 Å². The standard InChI is InChI=1S/C17H24N2O7S/c20-15-3-1-14(2-4-15)13-18(16(21)5-6-17(22)23)9-12-27(24,25)19-7-10-26-11-8-19/h1-4,20H,5-13H2,(H,22,23). The third kappa shape index (κ3) is 6.81. The molecule has 1 aromatic rings. The number of carbonyl (C=O) groups excluding carboxylic acids is 1. The van der Waals surface area contributed by atoms with Gasteiger partial charge in [-0.05, 0) is 17.7 Å². The predicted octanol–water partition coefficient (Wildman–Crippen LogP) is 0.248. The van der Waals surface area contributed by atoms with E-state index in [-0.39, 0.29) is 50.5 Å². The van der Waals surface area contributed by atoms with Crippen LogP contribution in [0.25, 0.3) is 0 Å². The molecule has 0 bridgehead atoms. The fourth-order valence-corrected chi connectivity index (χ4v) is 4.08. The van der Waals surface area contributed by atoms with E-state index in [4.69, 9.17) is 9.84 Å². The molecule has 0 radical (unpaired) electrons.